The molecule has 4 aliphatic rings. The summed E-state index contributed by atoms with van der Waals surface area (Å²) < 4.78 is 0. The Balaban J connectivity index is 0.00000150. The quantitative estimate of drug-likeness (QED) is 0.719. The van der Waals surface area contributed by atoms with Crippen LogP contribution in [0, 0.1) is 5.92 Å². The maximum Gasteiger partial charge on any atom is 0.239 e. The van der Waals surface area contributed by atoms with E-state index in [9.17, 15) is 9.59 Å². The smallest absolute Gasteiger partial charge is 0.239 e. The molecule has 2 amide bonds. The molecule has 3 aliphatic heterocycles. The minimum atomic E-state index is 0. The fourth-order valence-corrected chi connectivity index (χ4v) is 5.47. The van der Waals surface area contributed by atoms with Crippen molar-refractivity contribution in [1.29, 1.82) is 0 Å². The molecule has 0 aromatic rings. The molecule has 3 saturated heterocycles. The number of nitrogens with one attached hydrogen (secondary N) is 1. The highest BCUT2D eigenvalue weighted by atomic mass is 35.5. The third-order valence-electron chi connectivity index (χ3n) is 7.16. The van der Waals surface area contributed by atoms with Gasteiger partial charge in [-0.05, 0) is 38.0 Å². The highest BCUT2D eigenvalue weighted by Crippen LogP contribution is 2.33. The van der Waals surface area contributed by atoms with Crippen molar-refractivity contribution in [1.82, 2.24) is 20.0 Å². The second-order valence-corrected chi connectivity index (χ2v) is 9.00. The summed E-state index contributed by atoms with van der Waals surface area (Å²) in [5, 5.41) is 3.62. The van der Waals surface area contributed by atoms with Gasteiger partial charge in [0.15, 0.2) is 0 Å². The van der Waals surface area contributed by atoms with Gasteiger partial charge in [-0.25, -0.2) is 0 Å². The van der Waals surface area contributed by atoms with Crippen molar-refractivity contribution in [2.75, 3.05) is 45.8 Å². The molecule has 8 heteroatoms. The number of rotatable bonds is 3. The Kier molecular flexibility index (Phi) is 9.99. The molecule has 168 valence electrons. The highest BCUT2D eigenvalue weighted by molar-refractivity contribution is 5.85. The van der Waals surface area contributed by atoms with Crippen LogP contribution in [0.25, 0.3) is 0 Å². The average molecular weight is 449 g/mol. The lowest BCUT2D eigenvalue weighted by Crippen LogP contribution is -2.55. The zero-order chi connectivity index (χ0) is 18.6. The van der Waals surface area contributed by atoms with Gasteiger partial charge in [-0.15, -0.1) is 24.8 Å². The normalized spacial score (nSPS) is 30.6. The molecule has 0 aromatic heterocycles. The lowest BCUT2D eigenvalue weighted by molar-refractivity contribution is -0.136. The van der Waals surface area contributed by atoms with E-state index in [0.29, 0.717) is 24.4 Å². The summed E-state index contributed by atoms with van der Waals surface area (Å²) in [6.07, 6.45) is 11.0. The van der Waals surface area contributed by atoms with Gasteiger partial charge in [0.1, 0.15) is 0 Å². The number of carbonyl (C=O) groups is 2. The van der Waals surface area contributed by atoms with Gasteiger partial charge in [-0.3, -0.25) is 14.5 Å². The van der Waals surface area contributed by atoms with Crippen molar-refractivity contribution in [3.63, 3.8) is 0 Å². The Morgan fingerprint density at radius 2 is 1.41 bits per heavy atom. The fourth-order valence-electron chi connectivity index (χ4n) is 5.47. The molecule has 4 fully saturated rings. The van der Waals surface area contributed by atoms with Crippen LogP contribution < -0.4 is 5.32 Å². The van der Waals surface area contributed by atoms with Crippen molar-refractivity contribution < 1.29 is 9.59 Å². The molecule has 1 N–H and O–H groups in total. The van der Waals surface area contributed by atoms with Gasteiger partial charge in [0.2, 0.25) is 11.8 Å². The standard InChI is InChI=1S/C21H36N4O2.2ClH/c26-20(24-9-5-1-2-6-10-24)16-23-11-13-25(14-12-23)21(27)19-15-17-7-3-4-8-18(17)22-19;;/h17-19,22H,1-16H2;2*1H. The zero-order valence-electron chi connectivity index (χ0n) is 17.5. The Bertz CT molecular complexity index is 521. The molecule has 0 radical (unpaired) electrons. The van der Waals surface area contributed by atoms with E-state index in [1.54, 1.807) is 0 Å². The number of piperazine rings is 1. The van der Waals surface area contributed by atoms with Crippen LogP contribution in [0.3, 0.4) is 0 Å². The van der Waals surface area contributed by atoms with Crippen LogP contribution in [-0.4, -0.2) is 84.4 Å². The SMILES string of the molecule is Cl.Cl.O=C(CN1CCN(C(=O)C2CC3CCCCC3N2)CC1)N1CCCCCC1. The molecule has 0 spiro atoms. The van der Waals surface area contributed by atoms with E-state index in [2.05, 4.69) is 15.1 Å². The fraction of sp³-hybridized carbons (Fsp3) is 0.905. The van der Waals surface area contributed by atoms with Crippen molar-refractivity contribution in [3.05, 3.63) is 0 Å². The summed E-state index contributed by atoms with van der Waals surface area (Å²) in [5.41, 5.74) is 0. The number of carbonyl (C=O) groups excluding carboxylic acids is 2. The summed E-state index contributed by atoms with van der Waals surface area (Å²) in [4.78, 5) is 31.8. The van der Waals surface area contributed by atoms with Crippen LogP contribution in [0.4, 0.5) is 0 Å². The molecular weight excluding hydrogens is 411 g/mol. The van der Waals surface area contributed by atoms with Gasteiger partial charge >= 0.3 is 0 Å². The summed E-state index contributed by atoms with van der Waals surface area (Å²) in [7, 11) is 0. The Labute approximate surface area is 187 Å². The largest absolute Gasteiger partial charge is 0.342 e. The number of halogens is 2. The van der Waals surface area contributed by atoms with E-state index in [0.717, 1.165) is 58.5 Å². The molecule has 0 aromatic carbocycles. The summed E-state index contributed by atoms with van der Waals surface area (Å²) in [5.74, 6) is 1.28. The van der Waals surface area contributed by atoms with Crippen LogP contribution in [-0.2, 0) is 9.59 Å². The Morgan fingerprint density at radius 3 is 2.07 bits per heavy atom. The number of hydrogen-bond acceptors (Lipinski definition) is 4. The number of fused-ring (bicyclic) bond motifs is 1. The minimum Gasteiger partial charge on any atom is -0.342 e. The molecule has 1 aliphatic carbocycles. The third-order valence-corrected chi connectivity index (χ3v) is 7.16. The van der Waals surface area contributed by atoms with E-state index in [-0.39, 0.29) is 36.8 Å². The van der Waals surface area contributed by atoms with E-state index in [4.69, 9.17) is 0 Å². The lowest BCUT2D eigenvalue weighted by Gasteiger charge is -2.36. The molecule has 4 rings (SSSR count). The van der Waals surface area contributed by atoms with Gasteiger partial charge in [0.25, 0.3) is 0 Å². The second kappa shape index (κ2) is 11.7. The van der Waals surface area contributed by atoms with Gasteiger partial charge in [0, 0.05) is 45.3 Å². The predicted octanol–water partition coefficient (Wildman–Crippen LogP) is 2.30. The average Bonchev–Trinajstić information content (AvgIpc) is 2.94. The molecule has 0 bridgehead atoms. The number of hydrogen-bond donors (Lipinski definition) is 1. The summed E-state index contributed by atoms with van der Waals surface area (Å²) in [6.45, 7) is 5.54. The number of likely N-dealkylation sites (tertiary alicyclic amines) is 1. The van der Waals surface area contributed by atoms with Crippen molar-refractivity contribution in [3.8, 4) is 0 Å². The molecule has 29 heavy (non-hydrogen) atoms. The molecular formula is C21H38Cl2N4O2. The Hall–Kier alpha value is -0.560. The second-order valence-electron chi connectivity index (χ2n) is 9.00. The Morgan fingerprint density at radius 1 is 0.759 bits per heavy atom. The summed E-state index contributed by atoms with van der Waals surface area (Å²) >= 11 is 0. The van der Waals surface area contributed by atoms with Crippen molar-refractivity contribution >= 4 is 36.6 Å². The highest BCUT2D eigenvalue weighted by Gasteiger charge is 2.40. The molecule has 6 nitrogen and oxygen atoms in total. The minimum absolute atomic E-state index is 0. The molecule has 3 heterocycles. The lowest BCUT2D eigenvalue weighted by atomic mass is 9.85. The van der Waals surface area contributed by atoms with Gasteiger partial charge in [-0.2, -0.15) is 0 Å². The molecule has 3 atom stereocenters. The first kappa shape index (κ1) is 24.7. The first-order chi connectivity index (χ1) is 13.2. The van der Waals surface area contributed by atoms with Crippen LogP contribution >= 0.6 is 24.8 Å². The summed E-state index contributed by atoms with van der Waals surface area (Å²) in [6, 6.07) is 0.601. The van der Waals surface area contributed by atoms with Crippen LogP contribution in [0.15, 0.2) is 0 Å². The van der Waals surface area contributed by atoms with Gasteiger partial charge in [0.05, 0.1) is 12.6 Å². The maximum atomic E-state index is 12.9. The van der Waals surface area contributed by atoms with Crippen molar-refractivity contribution in [2.45, 2.75) is 69.9 Å². The van der Waals surface area contributed by atoms with Crippen LogP contribution in [0.1, 0.15) is 57.8 Å². The topological polar surface area (TPSA) is 55.9 Å². The van der Waals surface area contributed by atoms with Crippen molar-refractivity contribution in [2.24, 2.45) is 5.92 Å². The predicted molar refractivity (Wildman–Crippen MR) is 120 cm³/mol. The van der Waals surface area contributed by atoms with E-state index in [1.807, 2.05) is 4.90 Å². The van der Waals surface area contributed by atoms with E-state index >= 15 is 0 Å². The maximum absolute atomic E-state index is 12.9. The number of nitrogens with zero attached hydrogens (tertiary/aromatic N) is 3. The first-order valence-electron chi connectivity index (χ1n) is 11.3. The third kappa shape index (κ3) is 6.22. The monoisotopic (exact) mass is 448 g/mol. The van der Waals surface area contributed by atoms with Crippen LogP contribution in [0.5, 0.6) is 0 Å². The zero-order valence-corrected chi connectivity index (χ0v) is 19.2. The first-order valence-corrected chi connectivity index (χ1v) is 11.3. The van der Waals surface area contributed by atoms with E-state index < -0.39 is 0 Å². The molecule has 1 saturated carbocycles. The van der Waals surface area contributed by atoms with Gasteiger partial charge < -0.3 is 15.1 Å². The van der Waals surface area contributed by atoms with Gasteiger partial charge in [-0.1, -0.05) is 25.7 Å². The number of amides is 2. The van der Waals surface area contributed by atoms with Crippen LogP contribution in [0.2, 0.25) is 0 Å². The van der Waals surface area contributed by atoms with E-state index in [1.165, 1.54) is 38.5 Å². The molecule has 3 unspecified atom stereocenters.